The fourth-order valence-corrected chi connectivity index (χ4v) is 3.24. The number of hydrogen-bond donors (Lipinski definition) is 1. The van der Waals surface area contributed by atoms with Crippen LogP contribution in [-0.2, 0) is 11.8 Å². The van der Waals surface area contributed by atoms with Crippen LogP contribution in [0.2, 0.25) is 0 Å². The normalized spacial score (nSPS) is 23.5. The van der Waals surface area contributed by atoms with Crippen molar-refractivity contribution >= 4 is 11.7 Å². The van der Waals surface area contributed by atoms with Gasteiger partial charge >= 0.3 is 6.03 Å². The van der Waals surface area contributed by atoms with Crippen molar-refractivity contribution in [2.45, 2.75) is 12.8 Å². The van der Waals surface area contributed by atoms with E-state index in [-0.39, 0.29) is 6.03 Å². The molecule has 1 unspecified atom stereocenters. The van der Waals surface area contributed by atoms with Crippen LogP contribution >= 0.6 is 0 Å². The van der Waals surface area contributed by atoms with Gasteiger partial charge < -0.3 is 15.0 Å². The third-order valence-corrected chi connectivity index (χ3v) is 4.38. The second-order valence-corrected chi connectivity index (χ2v) is 6.20. The number of rotatable bonds is 3. The standard InChI is InChI=1S/C15H25N5O2/c1-18-12-14(9-16-18)17-15(21)20-4-2-3-13(11-20)10-19-5-7-22-8-6-19/h9,12-13H,2-8,10-11H2,1H3,(H,17,21). The van der Waals surface area contributed by atoms with Crippen molar-refractivity contribution < 1.29 is 9.53 Å². The summed E-state index contributed by atoms with van der Waals surface area (Å²) in [6.45, 7) is 6.43. The smallest absolute Gasteiger partial charge is 0.321 e. The largest absolute Gasteiger partial charge is 0.379 e. The number of carbonyl (C=O) groups is 1. The van der Waals surface area contributed by atoms with Gasteiger partial charge in [0.05, 0.1) is 25.1 Å². The van der Waals surface area contributed by atoms with Crippen molar-refractivity contribution in [1.82, 2.24) is 19.6 Å². The minimum Gasteiger partial charge on any atom is -0.379 e. The number of aryl methyl sites for hydroxylation is 1. The summed E-state index contributed by atoms with van der Waals surface area (Å²) in [5, 5.41) is 7.00. The van der Waals surface area contributed by atoms with E-state index in [1.807, 2.05) is 18.1 Å². The van der Waals surface area contributed by atoms with E-state index in [9.17, 15) is 4.79 Å². The van der Waals surface area contributed by atoms with Gasteiger partial charge in [0.1, 0.15) is 0 Å². The number of hydrogen-bond acceptors (Lipinski definition) is 4. The Morgan fingerprint density at radius 1 is 1.41 bits per heavy atom. The Hall–Kier alpha value is -1.60. The zero-order valence-corrected chi connectivity index (χ0v) is 13.2. The first-order chi connectivity index (χ1) is 10.7. The fourth-order valence-electron chi connectivity index (χ4n) is 3.24. The van der Waals surface area contributed by atoms with E-state index in [1.54, 1.807) is 10.9 Å². The van der Waals surface area contributed by atoms with Crippen LogP contribution in [-0.4, -0.2) is 71.5 Å². The van der Waals surface area contributed by atoms with E-state index in [0.29, 0.717) is 5.92 Å². The minimum absolute atomic E-state index is 0.0142. The van der Waals surface area contributed by atoms with E-state index in [2.05, 4.69) is 15.3 Å². The summed E-state index contributed by atoms with van der Waals surface area (Å²) >= 11 is 0. The molecule has 1 atom stereocenters. The molecule has 3 heterocycles. The molecule has 0 spiro atoms. The Balaban J connectivity index is 1.49. The number of carbonyl (C=O) groups excluding carboxylic acids is 1. The van der Waals surface area contributed by atoms with Crippen molar-refractivity contribution in [3.8, 4) is 0 Å². The lowest BCUT2D eigenvalue weighted by Crippen LogP contribution is -2.47. The van der Waals surface area contributed by atoms with Crippen molar-refractivity contribution in [2.75, 3.05) is 51.3 Å². The molecule has 7 heteroatoms. The summed E-state index contributed by atoms with van der Waals surface area (Å²) < 4.78 is 7.08. The lowest BCUT2D eigenvalue weighted by atomic mass is 9.97. The molecule has 0 aliphatic carbocycles. The molecule has 2 fully saturated rings. The molecule has 0 bridgehead atoms. The first-order valence-corrected chi connectivity index (χ1v) is 8.05. The Morgan fingerprint density at radius 2 is 2.23 bits per heavy atom. The molecule has 1 N–H and O–H groups in total. The molecule has 0 saturated carbocycles. The van der Waals surface area contributed by atoms with Gasteiger partial charge in [-0.15, -0.1) is 0 Å². The third-order valence-electron chi connectivity index (χ3n) is 4.38. The molecule has 1 aromatic heterocycles. The number of amides is 2. The van der Waals surface area contributed by atoms with Gasteiger partial charge in [-0.2, -0.15) is 5.10 Å². The highest BCUT2D eigenvalue weighted by atomic mass is 16.5. The van der Waals surface area contributed by atoms with Crippen LogP contribution < -0.4 is 5.32 Å². The quantitative estimate of drug-likeness (QED) is 0.905. The third kappa shape index (κ3) is 3.98. The maximum absolute atomic E-state index is 12.4. The molecule has 1 aromatic rings. The number of aromatic nitrogens is 2. The van der Waals surface area contributed by atoms with Gasteiger partial charge in [-0.1, -0.05) is 0 Å². The molecular formula is C15H25N5O2. The number of urea groups is 1. The molecule has 2 saturated heterocycles. The zero-order chi connectivity index (χ0) is 15.4. The highest BCUT2D eigenvalue weighted by Gasteiger charge is 2.26. The summed E-state index contributed by atoms with van der Waals surface area (Å²) in [6.07, 6.45) is 5.77. The van der Waals surface area contributed by atoms with Gasteiger partial charge in [0.2, 0.25) is 0 Å². The number of nitrogens with zero attached hydrogens (tertiary/aromatic N) is 4. The van der Waals surface area contributed by atoms with Gasteiger partial charge in [0.25, 0.3) is 0 Å². The van der Waals surface area contributed by atoms with E-state index in [0.717, 1.165) is 58.0 Å². The summed E-state index contributed by atoms with van der Waals surface area (Å²) in [6, 6.07) is -0.0142. The molecule has 122 valence electrons. The summed E-state index contributed by atoms with van der Waals surface area (Å²) in [7, 11) is 1.84. The highest BCUT2D eigenvalue weighted by Crippen LogP contribution is 2.19. The van der Waals surface area contributed by atoms with E-state index < -0.39 is 0 Å². The molecular weight excluding hydrogens is 282 g/mol. The number of likely N-dealkylation sites (tertiary alicyclic amines) is 1. The second-order valence-electron chi connectivity index (χ2n) is 6.20. The van der Waals surface area contributed by atoms with Crippen molar-refractivity contribution in [3.63, 3.8) is 0 Å². The van der Waals surface area contributed by atoms with Crippen molar-refractivity contribution in [1.29, 1.82) is 0 Å². The van der Waals surface area contributed by atoms with Crippen LogP contribution in [0.15, 0.2) is 12.4 Å². The van der Waals surface area contributed by atoms with Crippen LogP contribution in [0.25, 0.3) is 0 Å². The minimum atomic E-state index is -0.0142. The molecule has 2 aliphatic rings. The highest BCUT2D eigenvalue weighted by molar-refractivity contribution is 5.89. The summed E-state index contributed by atoms with van der Waals surface area (Å²) in [5.74, 6) is 0.562. The van der Waals surface area contributed by atoms with Crippen LogP contribution in [0.4, 0.5) is 10.5 Å². The van der Waals surface area contributed by atoms with Crippen LogP contribution in [0, 0.1) is 5.92 Å². The lowest BCUT2D eigenvalue weighted by Gasteiger charge is -2.36. The molecule has 3 rings (SSSR count). The van der Waals surface area contributed by atoms with Gasteiger partial charge in [0.15, 0.2) is 0 Å². The number of nitrogens with one attached hydrogen (secondary N) is 1. The van der Waals surface area contributed by atoms with E-state index >= 15 is 0 Å². The van der Waals surface area contributed by atoms with Crippen molar-refractivity contribution in [3.05, 3.63) is 12.4 Å². The summed E-state index contributed by atoms with van der Waals surface area (Å²) in [5.41, 5.74) is 0.753. The Kier molecular flexibility index (Phi) is 4.94. The molecule has 0 radical (unpaired) electrons. The molecule has 7 nitrogen and oxygen atoms in total. The molecule has 22 heavy (non-hydrogen) atoms. The average Bonchev–Trinajstić information content (AvgIpc) is 2.93. The SMILES string of the molecule is Cn1cc(NC(=O)N2CCCC(CN3CCOCC3)C2)cn1. The fraction of sp³-hybridized carbons (Fsp3) is 0.733. The van der Waals surface area contributed by atoms with Gasteiger partial charge in [-0.3, -0.25) is 9.58 Å². The topological polar surface area (TPSA) is 62.6 Å². The maximum atomic E-state index is 12.4. The van der Waals surface area contributed by atoms with E-state index in [4.69, 9.17) is 4.74 Å². The van der Waals surface area contributed by atoms with Gasteiger partial charge in [-0.25, -0.2) is 4.79 Å². The maximum Gasteiger partial charge on any atom is 0.321 e. The number of anilines is 1. The predicted octanol–water partition coefficient (Wildman–Crippen LogP) is 0.996. The number of piperidine rings is 1. The van der Waals surface area contributed by atoms with E-state index in [1.165, 1.54) is 6.42 Å². The number of morpholine rings is 1. The van der Waals surface area contributed by atoms with Crippen LogP contribution in [0.3, 0.4) is 0 Å². The number of ether oxygens (including phenoxy) is 1. The Labute approximate surface area is 131 Å². The van der Waals surface area contributed by atoms with Crippen molar-refractivity contribution in [2.24, 2.45) is 13.0 Å². The van der Waals surface area contributed by atoms with Gasteiger partial charge in [-0.05, 0) is 18.8 Å². The first kappa shape index (κ1) is 15.3. The molecule has 0 aromatic carbocycles. The predicted molar refractivity (Wildman–Crippen MR) is 83.8 cm³/mol. The lowest BCUT2D eigenvalue weighted by molar-refractivity contribution is 0.0252. The van der Waals surface area contributed by atoms with Crippen LogP contribution in [0.1, 0.15) is 12.8 Å². The zero-order valence-electron chi connectivity index (χ0n) is 13.2. The molecule has 2 aliphatic heterocycles. The average molecular weight is 307 g/mol. The molecule has 2 amide bonds. The first-order valence-electron chi connectivity index (χ1n) is 8.05. The Bertz CT molecular complexity index is 498. The Morgan fingerprint density at radius 3 is 2.95 bits per heavy atom. The second kappa shape index (κ2) is 7.11. The summed E-state index contributed by atoms with van der Waals surface area (Å²) in [4.78, 5) is 16.7. The van der Waals surface area contributed by atoms with Gasteiger partial charge in [0, 0.05) is 46.0 Å². The van der Waals surface area contributed by atoms with Crippen LogP contribution in [0.5, 0.6) is 0 Å². The monoisotopic (exact) mass is 307 g/mol.